The van der Waals surface area contributed by atoms with E-state index >= 15 is 0 Å². The second-order valence-corrected chi connectivity index (χ2v) is 10.8. The second-order valence-electron chi connectivity index (χ2n) is 10.8. The number of anilines is 1. The standard InChI is InChI=1S/C35H37N5O4/c1-3-29-32-33(39-34(36)38-29)40(23-37-32)20-19-28-21-30(42-24-41-2)31(44-28)22-43-35(25-13-7-4-8-14-25,26-15-9-5-10-16-26)27-17-11-6-12-18-27/h3-18,23,28,30-31H,1,19-22,24H2,2H3,(H2,36,38,39)/t28-,30-,31+/m0/s1. The number of hydrogen-bond acceptors (Lipinski definition) is 8. The largest absolute Gasteiger partial charge is 0.370 e. The topological polar surface area (TPSA) is 107 Å². The number of fused-ring (bicyclic) bond motifs is 1. The Balaban J connectivity index is 1.26. The number of nitrogen functional groups attached to an aromatic ring is 1. The average Bonchev–Trinajstić information content (AvgIpc) is 3.67. The molecular weight excluding hydrogens is 554 g/mol. The van der Waals surface area contributed by atoms with E-state index in [2.05, 4.69) is 57.9 Å². The summed E-state index contributed by atoms with van der Waals surface area (Å²) in [6.45, 7) is 4.94. The summed E-state index contributed by atoms with van der Waals surface area (Å²) >= 11 is 0. The van der Waals surface area contributed by atoms with Gasteiger partial charge in [-0.25, -0.2) is 9.97 Å². The summed E-state index contributed by atoms with van der Waals surface area (Å²) in [6.07, 6.45) is 4.24. The van der Waals surface area contributed by atoms with Crippen LogP contribution in [0, 0.1) is 0 Å². The van der Waals surface area contributed by atoms with Crippen LogP contribution < -0.4 is 5.73 Å². The molecule has 44 heavy (non-hydrogen) atoms. The lowest BCUT2D eigenvalue weighted by molar-refractivity contribution is -0.125. The van der Waals surface area contributed by atoms with Crippen molar-refractivity contribution in [1.82, 2.24) is 19.5 Å². The first-order valence-electron chi connectivity index (χ1n) is 14.8. The Morgan fingerprint density at radius 2 is 1.57 bits per heavy atom. The number of hydrogen-bond donors (Lipinski definition) is 1. The van der Waals surface area contributed by atoms with Gasteiger partial charge in [0.15, 0.2) is 5.65 Å². The van der Waals surface area contributed by atoms with E-state index < -0.39 is 5.60 Å². The van der Waals surface area contributed by atoms with Crippen LogP contribution in [0.3, 0.4) is 0 Å². The van der Waals surface area contributed by atoms with Crippen LogP contribution in [0.1, 0.15) is 35.2 Å². The normalized spacial score (nSPS) is 18.5. The van der Waals surface area contributed by atoms with Crippen LogP contribution in [0.25, 0.3) is 17.2 Å². The van der Waals surface area contributed by atoms with E-state index in [9.17, 15) is 0 Å². The molecule has 1 aliphatic rings. The highest BCUT2D eigenvalue weighted by atomic mass is 16.7. The molecule has 226 valence electrons. The summed E-state index contributed by atoms with van der Waals surface area (Å²) in [5.41, 5.74) is 10.2. The molecule has 3 aromatic carbocycles. The fraction of sp³-hybridized carbons (Fsp3) is 0.286. The Morgan fingerprint density at radius 3 is 2.14 bits per heavy atom. The van der Waals surface area contributed by atoms with Gasteiger partial charge in [0.05, 0.1) is 30.8 Å². The molecule has 0 radical (unpaired) electrons. The first kappa shape index (κ1) is 29.7. The van der Waals surface area contributed by atoms with Gasteiger partial charge in [-0.2, -0.15) is 4.98 Å². The van der Waals surface area contributed by atoms with Crippen molar-refractivity contribution in [3.8, 4) is 0 Å². The van der Waals surface area contributed by atoms with Gasteiger partial charge >= 0.3 is 0 Å². The van der Waals surface area contributed by atoms with Crippen LogP contribution >= 0.6 is 0 Å². The molecule has 5 aromatic rings. The number of rotatable bonds is 13. The molecule has 0 spiro atoms. The number of nitrogens with two attached hydrogens (primary N) is 1. The molecule has 0 unspecified atom stereocenters. The molecule has 1 saturated heterocycles. The number of benzene rings is 3. The van der Waals surface area contributed by atoms with Gasteiger partial charge in [-0.1, -0.05) is 97.6 Å². The highest BCUT2D eigenvalue weighted by molar-refractivity contribution is 5.80. The zero-order valence-electron chi connectivity index (χ0n) is 24.8. The maximum atomic E-state index is 7.08. The molecule has 3 heterocycles. The third kappa shape index (κ3) is 6.00. The van der Waals surface area contributed by atoms with Crippen LogP contribution in [0.15, 0.2) is 104 Å². The minimum absolute atomic E-state index is 0.0689. The van der Waals surface area contributed by atoms with E-state index in [1.54, 1.807) is 19.5 Å². The minimum Gasteiger partial charge on any atom is -0.370 e. The smallest absolute Gasteiger partial charge is 0.222 e. The maximum Gasteiger partial charge on any atom is 0.222 e. The molecule has 0 bridgehead atoms. The van der Waals surface area contributed by atoms with Gasteiger partial charge in [0.2, 0.25) is 5.95 Å². The van der Waals surface area contributed by atoms with Crippen LogP contribution in [0.2, 0.25) is 0 Å². The number of imidazole rings is 1. The zero-order chi connectivity index (χ0) is 30.4. The molecule has 1 fully saturated rings. The molecule has 9 nitrogen and oxygen atoms in total. The van der Waals surface area contributed by atoms with E-state index in [0.717, 1.165) is 23.1 Å². The third-order valence-electron chi connectivity index (χ3n) is 8.08. The number of aryl methyl sites for hydroxylation is 1. The molecular formula is C35H37N5O4. The first-order valence-corrected chi connectivity index (χ1v) is 14.8. The van der Waals surface area contributed by atoms with Gasteiger partial charge in [-0.05, 0) is 29.2 Å². The van der Waals surface area contributed by atoms with Crippen molar-refractivity contribution >= 4 is 23.2 Å². The van der Waals surface area contributed by atoms with Crippen molar-refractivity contribution in [3.05, 3.63) is 126 Å². The first-order chi connectivity index (χ1) is 21.6. The molecule has 3 atom stereocenters. The Kier molecular flexibility index (Phi) is 9.09. The Hall–Kier alpha value is -4.41. The summed E-state index contributed by atoms with van der Waals surface area (Å²) in [6, 6.07) is 31.0. The average molecular weight is 592 g/mol. The Bertz CT molecular complexity index is 1570. The van der Waals surface area contributed by atoms with Gasteiger partial charge in [0.1, 0.15) is 24.0 Å². The molecule has 1 aliphatic heterocycles. The van der Waals surface area contributed by atoms with Crippen LogP contribution in [-0.4, -0.2) is 58.3 Å². The lowest BCUT2D eigenvalue weighted by atomic mass is 9.80. The van der Waals surface area contributed by atoms with Crippen LogP contribution in [0.4, 0.5) is 5.95 Å². The van der Waals surface area contributed by atoms with Crippen molar-refractivity contribution in [2.45, 2.75) is 43.3 Å². The van der Waals surface area contributed by atoms with E-state index in [1.165, 1.54) is 0 Å². The SMILES string of the molecule is C=Cc1nc(N)nc2c1ncn2CC[C@H]1C[C@H](OCOC)[C@@H](COC(c2ccccc2)(c2ccccc2)c2ccccc2)O1. The molecule has 2 N–H and O–H groups in total. The van der Waals surface area contributed by atoms with Crippen LogP contribution in [-0.2, 0) is 31.1 Å². The predicted octanol–water partition coefficient (Wildman–Crippen LogP) is 5.60. The fourth-order valence-corrected chi connectivity index (χ4v) is 6.01. The lowest BCUT2D eigenvalue weighted by Gasteiger charge is -2.37. The lowest BCUT2D eigenvalue weighted by Crippen LogP contribution is -2.38. The maximum absolute atomic E-state index is 7.08. The van der Waals surface area contributed by atoms with E-state index in [1.807, 2.05) is 59.2 Å². The molecule has 0 saturated carbocycles. The van der Waals surface area contributed by atoms with Gasteiger partial charge in [-0.15, -0.1) is 0 Å². The van der Waals surface area contributed by atoms with Crippen molar-refractivity contribution < 1.29 is 18.9 Å². The highest BCUT2D eigenvalue weighted by Gasteiger charge is 2.42. The van der Waals surface area contributed by atoms with Gasteiger partial charge in [0, 0.05) is 20.1 Å². The van der Waals surface area contributed by atoms with Crippen molar-refractivity contribution in [3.63, 3.8) is 0 Å². The zero-order valence-corrected chi connectivity index (χ0v) is 24.8. The minimum atomic E-state index is -0.852. The van der Waals surface area contributed by atoms with Gasteiger partial charge < -0.3 is 29.2 Å². The van der Waals surface area contributed by atoms with Gasteiger partial charge in [-0.3, -0.25) is 0 Å². The highest BCUT2D eigenvalue weighted by Crippen LogP contribution is 2.41. The summed E-state index contributed by atoms with van der Waals surface area (Å²) < 4.78 is 27.1. The molecule has 6 rings (SSSR count). The van der Waals surface area contributed by atoms with Crippen molar-refractivity contribution in [2.75, 3.05) is 26.2 Å². The molecule has 0 amide bonds. The summed E-state index contributed by atoms with van der Waals surface area (Å²) in [5, 5.41) is 0. The second kappa shape index (κ2) is 13.5. The third-order valence-corrected chi connectivity index (χ3v) is 8.08. The van der Waals surface area contributed by atoms with Crippen molar-refractivity contribution in [1.29, 1.82) is 0 Å². The van der Waals surface area contributed by atoms with E-state index in [0.29, 0.717) is 36.4 Å². The van der Waals surface area contributed by atoms with E-state index in [4.69, 9.17) is 24.7 Å². The number of methoxy groups -OCH3 is 1. The molecule has 9 heteroatoms. The number of nitrogens with zero attached hydrogens (tertiary/aromatic N) is 4. The van der Waals surface area contributed by atoms with Gasteiger partial charge in [0.25, 0.3) is 0 Å². The van der Waals surface area contributed by atoms with Crippen LogP contribution in [0.5, 0.6) is 0 Å². The summed E-state index contributed by atoms with van der Waals surface area (Å²) in [7, 11) is 1.62. The number of aromatic nitrogens is 4. The van der Waals surface area contributed by atoms with E-state index in [-0.39, 0.29) is 31.1 Å². The summed E-state index contributed by atoms with van der Waals surface area (Å²) in [4.78, 5) is 13.1. The number of ether oxygens (including phenoxy) is 4. The molecule has 2 aromatic heterocycles. The monoisotopic (exact) mass is 591 g/mol. The fourth-order valence-electron chi connectivity index (χ4n) is 6.01. The van der Waals surface area contributed by atoms with Crippen molar-refractivity contribution in [2.24, 2.45) is 0 Å². The summed E-state index contributed by atoms with van der Waals surface area (Å²) in [5.74, 6) is 0.190. The Labute approximate surface area is 257 Å². The molecule has 0 aliphatic carbocycles. The quantitative estimate of drug-likeness (QED) is 0.139. The Morgan fingerprint density at radius 1 is 0.955 bits per heavy atom. The predicted molar refractivity (Wildman–Crippen MR) is 170 cm³/mol.